The van der Waals surface area contributed by atoms with E-state index in [0.29, 0.717) is 17.1 Å². The average Bonchev–Trinajstić information content (AvgIpc) is 2.04. The zero-order valence-corrected chi connectivity index (χ0v) is 6.93. The normalized spacial score (nSPS) is 15.2. The third-order valence-electron chi connectivity index (χ3n) is 1.64. The molecule has 0 atom stereocenters. The Morgan fingerprint density at radius 1 is 1.50 bits per heavy atom. The van der Waals surface area contributed by atoms with E-state index in [1.807, 2.05) is 0 Å². The zero-order chi connectivity index (χ0) is 8.55. The number of ether oxygens (including phenoxy) is 1. The lowest BCUT2D eigenvalue weighted by molar-refractivity contribution is 0.225. The predicted octanol–water partition coefficient (Wildman–Crippen LogP) is 2.14. The molecule has 0 amide bonds. The first-order valence-electron chi connectivity index (χ1n) is 3.43. The molecule has 0 bridgehead atoms. The van der Waals surface area contributed by atoms with Gasteiger partial charge in [0.15, 0.2) is 0 Å². The fourth-order valence-corrected chi connectivity index (χ4v) is 1.75. The maximum absolute atomic E-state index is 10.8. The summed E-state index contributed by atoms with van der Waals surface area (Å²) in [4.78, 5) is 10.8. The third kappa shape index (κ3) is 1.14. The summed E-state index contributed by atoms with van der Waals surface area (Å²) in [5.74, 6) is 1.15. The number of aromatic hydroxyl groups is 1. The van der Waals surface area contributed by atoms with Crippen LogP contribution in [0.15, 0.2) is 18.2 Å². The number of carbonyl (C=O) groups excluding carboxylic acids is 1. The summed E-state index contributed by atoms with van der Waals surface area (Å²) in [6, 6.07) is 4.91. The van der Waals surface area contributed by atoms with E-state index < -0.39 is 0 Å². The van der Waals surface area contributed by atoms with Crippen molar-refractivity contribution in [3.63, 3.8) is 0 Å². The minimum Gasteiger partial charge on any atom is -0.507 e. The molecule has 0 saturated heterocycles. The van der Waals surface area contributed by atoms with E-state index in [0.717, 1.165) is 11.8 Å². The molecule has 0 unspecified atom stereocenters. The Hall–Kier alpha value is -1.16. The Kier molecular flexibility index (Phi) is 1.69. The second-order valence-corrected chi connectivity index (χ2v) is 3.31. The third-order valence-corrected chi connectivity index (χ3v) is 2.39. The van der Waals surface area contributed by atoms with E-state index in [4.69, 9.17) is 4.74 Å². The number of rotatable bonds is 0. The van der Waals surface area contributed by atoms with Crippen LogP contribution in [0.1, 0.15) is 5.56 Å². The molecule has 1 N–H and O–H groups in total. The number of phenolic OH excluding ortho intramolecular Hbond substituents is 1. The summed E-state index contributed by atoms with van der Waals surface area (Å²) in [6.45, 7) is 0. The van der Waals surface area contributed by atoms with Crippen LogP contribution in [0.4, 0.5) is 4.79 Å². The molecule has 4 heteroatoms. The maximum atomic E-state index is 10.8. The summed E-state index contributed by atoms with van der Waals surface area (Å²) in [7, 11) is 0. The highest BCUT2D eigenvalue weighted by molar-refractivity contribution is 8.12. The summed E-state index contributed by atoms with van der Waals surface area (Å²) in [5.41, 5.74) is 0.696. The number of hydrogen-bond donors (Lipinski definition) is 1. The monoisotopic (exact) mass is 182 g/mol. The molecular formula is C8H6O3S. The van der Waals surface area contributed by atoms with Gasteiger partial charge < -0.3 is 9.84 Å². The Morgan fingerprint density at radius 2 is 2.33 bits per heavy atom. The van der Waals surface area contributed by atoms with Gasteiger partial charge in [0, 0.05) is 11.3 Å². The van der Waals surface area contributed by atoms with Crippen LogP contribution in [-0.4, -0.2) is 10.4 Å². The molecule has 0 aromatic heterocycles. The van der Waals surface area contributed by atoms with E-state index in [1.165, 1.54) is 0 Å². The SMILES string of the molecule is O=C1Oc2cccc(O)c2CS1. The van der Waals surface area contributed by atoms with Gasteiger partial charge in [-0.15, -0.1) is 0 Å². The topological polar surface area (TPSA) is 46.5 Å². The van der Waals surface area contributed by atoms with Crippen molar-refractivity contribution in [1.29, 1.82) is 0 Å². The smallest absolute Gasteiger partial charge is 0.373 e. The lowest BCUT2D eigenvalue weighted by Crippen LogP contribution is -2.08. The van der Waals surface area contributed by atoms with Crippen molar-refractivity contribution >= 4 is 17.1 Å². The Labute approximate surface area is 73.3 Å². The van der Waals surface area contributed by atoms with Crippen molar-refractivity contribution in [3.8, 4) is 11.5 Å². The molecule has 1 heterocycles. The van der Waals surface area contributed by atoms with E-state index in [2.05, 4.69) is 0 Å². The molecule has 1 aliphatic rings. The standard InChI is InChI=1S/C8H6O3S/c9-6-2-1-3-7-5(6)4-12-8(10)11-7/h1-3,9H,4H2. The zero-order valence-electron chi connectivity index (χ0n) is 6.11. The fourth-order valence-electron chi connectivity index (χ4n) is 1.05. The molecule has 2 rings (SSSR count). The van der Waals surface area contributed by atoms with Crippen molar-refractivity contribution in [2.24, 2.45) is 0 Å². The largest absolute Gasteiger partial charge is 0.507 e. The lowest BCUT2D eigenvalue weighted by Gasteiger charge is -2.14. The number of fused-ring (bicyclic) bond motifs is 1. The molecule has 62 valence electrons. The van der Waals surface area contributed by atoms with Gasteiger partial charge in [0.25, 0.3) is 0 Å². The molecule has 0 saturated carbocycles. The molecule has 1 aromatic carbocycles. The predicted molar refractivity (Wildman–Crippen MR) is 45.4 cm³/mol. The van der Waals surface area contributed by atoms with Crippen LogP contribution in [-0.2, 0) is 5.75 Å². The number of carbonyl (C=O) groups is 1. The molecule has 0 radical (unpaired) electrons. The highest BCUT2D eigenvalue weighted by Gasteiger charge is 2.19. The number of phenols is 1. The minimum atomic E-state index is -0.312. The van der Waals surface area contributed by atoms with Crippen LogP contribution in [0.3, 0.4) is 0 Å². The van der Waals surface area contributed by atoms with Gasteiger partial charge in [-0.3, -0.25) is 0 Å². The van der Waals surface area contributed by atoms with E-state index in [9.17, 15) is 9.90 Å². The highest BCUT2D eigenvalue weighted by Crippen LogP contribution is 2.36. The van der Waals surface area contributed by atoms with Gasteiger partial charge in [-0.1, -0.05) is 6.07 Å². The summed E-state index contributed by atoms with van der Waals surface area (Å²) in [5, 5.41) is 9.03. The summed E-state index contributed by atoms with van der Waals surface area (Å²) >= 11 is 1.05. The van der Waals surface area contributed by atoms with Crippen LogP contribution >= 0.6 is 11.8 Å². The molecular weight excluding hydrogens is 176 g/mol. The van der Waals surface area contributed by atoms with Crippen molar-refractivity contribution in [2.75, 3.05) is 0 Å². The van der Waals surface area contributed by atoms with Crippen molar-refractivity contribution < 1.29 is 14.6 Å². The molecule has 1 aliphatic heterocycles. The first-order valence-corrected chi connectivity index (χ1v) is 4.41. The van der Waals surface area contributed by atoms with E-state index >= 15 is 0 Å². The highest BCUT2D eigenvalue weighted by atomic mass is 32.2. The first kappa shape index (κ1) is 7.49. The molecule has 0 aliphatic carbocycles. The summed E-state index contributed by atoms with van der Waals surface area (Å²) < 4.78 is 4.88. The fraction of sp³-hybridized carbons (Fsp3) is 0.125. The van der Waals surface area contributed by atoms with Gasteiger partial charge in [-0.05, 0) is 23.9 Å². The van der Waals surface area contributed by atoms with Crippen molar-refractivity contribution in [2.45, 2.75) is 5.75 Å². The van der Waals surface area contributed by atoms with Crippen LogP contribution < -0.4 is 4.74 Å². The molecule has 0 fully saturated rings. The number of thioether (sulfide) groups is 1. The van der Waals surface area contributed by atoms with Crippen LogP contribution in [0.25, 0.3) is 0 Å². The molecule has 12 heavy (non-hydrogen) atoms. The lowest BCUT2D eigenvalue weighted by atomic mass is 10.2. The van der Waals surface area contributed by atoms with Gasteiger partial charge in [0.2, 0.25) is 0 Å². The second kappa shape index (κ2) is 2.71. The van der Waals surface area contributed by atoms with Crippen LogP contribution in [0, 0.1) is 0 Å². The van der Waals surface area contributed by atoms with Gasteiger partial charge in [-0.2, -0.15) is 0 Å². The molecule has 0 spiro atoms. The van der Waals surface area contributed by atoms with Gasteiger partial charge >= 0.3 is 5.30 Å². The quantitative estimate of drug-likeness (QED) is 0.624. The van der Waals surface area contributed by atoms with Crippen molar-refractivity contribution in [1.82, 2.24) is 0 Å². The van der Waals surface area contributed by atoms with Crippen LogP contribution in [0.5, 0.6) is 11.5 Å². The Bertz CT molecular complexity index is 335. The molecule has 1 aromatic rings. The number of hydrogen-bond acceptors (Lipinski definition) is 4. The van der Waals surface area contributed by atoms with Crippen molar-refractivity contribution in [3.05, 3.63) is 23.8 Å². The second-order valence-electron chi connectivity index (χ2n) is 2.39. The van der Waals surface area contributed by atoms with Gasteiger partial charge in [-0.25, -0.2) is 4.79 Å². The van der Waals surface area contributed by atoms with Gasteiger partial charge in [0.05, 0.1) is 0 Å². The Balaban J connectivity index is 2.48. The summed E-state index contributed by atoms with van der Waals surface area (Å²) in [6.07, 6.45) is 0. The molecule has 3 nitrogen and oxygen atoms in total. The van der Waals surface area contributed by atoms with E-state index in [-0.39, 0.29) is 11.1 Å². The maximum Gasteiger partial charge on any atom is 0.373 e. The Morgan fingerprint density at radius 3 is 3.17 bits per heavy atom. The van der Waals surface area contributed by atoms with E-state index in [1.54, 1.807) is 18.2 Å². The van der Waals surface area contributed by atoms with Crippen LogP contribution in [0.2, 0.25) is 0 Å². The average molecular weight is 182 g/mol. The minimum absolute atomic E-state index is 0.188. The first-order chi connectivity index (χ1) is 5.77. The number of benzene rings is 1. The van der Waals surface area contributed by atoms with Gasteiger partial charge in [0.1, 0.15) is 11.5 Å².